The molecule has 36 heavy (non-hydrogen) atoms. The molecule has 0 saturated heterocycles. The van der Waals surface area contributed by atoms with Crippen LogP contribution in [0.1, 0.15) is 36.8 Å². The Morgan fingerprint density at radius 3 is 2.28 bits per heavy atom. The summed E-state index contributed by atoms with van der Waals surface area (Å²) >= 11 is 0. The van der Waals surface area contributed by atoms with Gasteiger partial charge < -0.3 is 9.74 Å². The molecule has 4 aromatic rings. The second-order valence-electron chi connectivity index (χ2n) is 10.6. The molecule has 1 heterocycles. The van der Waals surface area contributed by atoms with Crippen molar-refractivity contribution in [1.29, 1.82) is 0 Å². The van der Waals surface area contributed by atoms with Gasteiger partial charge in [0.05, 0.1) is 0 Å². The first kappa shape index (κ1) is 25.4. The van der Waals surface area contributed by atoms with Crippen molar-refractivity contribution in [3.8, 4) is 17.1 Å². The number of carbonyl (C=O) groups is 1. The first-order valence-corrected chi connectivity index (χ1v) is 15.0. The van der Waals surface area contributed by atoms with Gasteiger partial charge in [-0.1, -0.05) is 87.5 Å². The fourth-order valence-electron chi connectivity index (χ4n) is 3.70. The Labute approximate surface area is 213 Å². The lowest BCUT2D eigenvalue weighted by Gasteiger charge is -2.36. The molecule has 0 saturated carbocycles. The number of rotatable bonds is 6. The van der Waals surface area contributed by atoms with E-state index in [1.807, 2.05) is 73.8 Å². The van der Waals surface area contributed by atoms with E-state index in [-0.39, 0.29) is 22.0 Å². The van der Waals surface area contributed by atoms with Crippen LogP contribution in [-0.4, -0.2) is 23.8 Å². The molecule has 0 bridgehead atoms. The molecule has 6 nitrogen and oxygen atoms in total. The minimum absolute atomic E-state index is 0.0137. The monoisotopic (exact) mass is 499 g/mol. The van der Waals surface area contributed by atoms with Crippen LogP contribution >= 0.6 is 0 Å². The molecule has 0 fully saturated rings. The SMILES string of the molecule is Cn1c(-c2ccccc2)nc(C(=O)NCc2ccc3ccccc3c2)c(O[Si](C)(C)C(C)(C)C)c1=O. The van der Waals surface area contributed by atoms with E-state index in [2.05, 4.69) is 43.2 Å². The van der Waals surface area contributed by atoms with Crippen LogP contribution in [0, 0.1) is 0 Å². The maximum absolute atomic E-state index is 13.6. The summed E-state index contributed by atoms with van der Waals surface area (Å²) in [4.78, 5) is 31.7. The van der Waals surface area contributed by atoms with Crippen molar-refractivity contribution in [1.82, 2.24) is 14.9 Å². The quantitative estimate of drug-likeness (QED) is 0.335. The van der Waals surface area contributed by atoms with Gasteiger partial charge in [-0.05, 0) is 40.5 Å². The molecule has 0 unspecified atom stereocenters. The molecular weight excluding hydrogens is 466 g/mol. The highest BCUT2D eigenvalue weighted by molar-refractivity contribution is 6.74. The predicted octanol–water partition coefficient (Wildman–Crippen LogP) is 5.91. The Hall–Kier alpha value is -3.71. The van der Waals surface area contributed by atoms with Crippen LogP contribution in [0.5, 0.6) is 5.75 Å². The Bertz CT molecular complexity index is 1470. The van der Waals surface area contributed by atoms with E-state index in [0.29, 0.717) is 12.4 Å². The zero-order chi connectivity index (χ0) is 26.1. The van der Waals surface area contributed by atoms with Crippen LogP contribution in [0.2, 0.25) is 18.1 Å². The van der Waals surface area contributed by atoms with Gasteiger partial charge in [0.2, 0.25) is 5.75 Å². The number of nitrogens with zero attached hydrogens (tertiary/aromatic N) is 2. The Morgan fingerprint density at radius 1 is 0.972 bits per heavy atom. The number of benzene rings is 3. The van der Waals surface area contributed by atoms with Gasteiger partial charge in [-0.3, -0.25) is 14.2 Å². The van der Waals surface area contributed by atoms with Gasteiger partial charge in [0.1, 0.15) is 5.82 Å². The van der Waals surface area contributed by atoms with Crippen LogP contribution in [0.15, 0.2) is 77.6 Å². The maximum atomic E-state index is 13.6. The van der Waals surface area contributed by atoms with E-state index in [1.54, 1.807) is 7.05 Å². The van der Waals surface area contributed by atoms with Crippen LogP contribution in [-0.2, 0) is 13.6 Å². The normalized spacial score (nSPS) is 11.9. The average Bonchev–Trinajstić information content (AvgIpc) is 2.85. The molecule has 7 heteroatoms. The summed E-state index contributed by atoms with van der Waals surface area (Å²) in [7, 11) is -0.765. The fourth-order valence-corrected chi connectivity index (χ4v) is 4.70. The molecule has 186 valence electrons. The van der Waals surface area contributed by atoms with Crippen molar-refractivity contribution >= 4 is 25.0 Å². The van der Waals surface area contributed by atoms with Gasteiger partial charge in [-0.25, -0.2) is 4.98 Å². The number of aromatic nitrogens is 2. The Morgan fingerprint density at radius 2 is 1.61 bits per heavy atom. The van der Waals surface area contributed by atoms with Gasteiger partial charge in [0, 0.05) is 19.2 Å². The van der Waals surface area contributed by atoms with Crippen molar-refractivity contribution < 1.29 is 9.22 Å². The van der Waals surface area contributed by atoms with Crippen LogP contribution in [0.3, 0.4) is 0 Å². The van der Waals surface area contributed by atoms with E-state index in [0.717, 1.165) is 21.9 Å². The zero-order valence-electron chi connectivity index (χ0n) is 21.8. The molecule has 4 rings (SSSR count). The van der Waals surface area contributed by atoms with Gasteiger partial charge in [0.15, 0.2) is 5.69 Å². The molecule has 0 spiro atoms. The summed E-state index contributed by atoms with van der Waals surface area (Å²) in [6, 6.07) is 23.5. The highest BCUT2D eigenvalue weighted by atomic mass is 28.4. The number of hydrogen-bond acceptors (Lipinski definition) is 4. The van der Waals surface area contributed by atoms with E-state index >= 15 is 0 Å². The largest absolute Gasteiger partial charge is 0.538 e. The van der Waals surface area contributed by atoms with Crippen molar-refractivity contribution in [3.05, 3.63) is 94.4 Å². The maximum Gasteiger partial charge on any atom is 0.295 e. The number of hydrogen-bond donors (Lipinski definition) is 1. The average molecular weight is 500 g/mol. The lowest BCUT2D eigenvalue weighted by atomic mass is 10.1. The third-order valence-corrected chi connectivity index (χ3v) is 11.3. The molecular formula is C29H33N3O3Si. The molecule has 0 aliphatic heterocycles. The third-order valence-electron chi connectivity index (χ3n) is 6.93. The van der Waals surface area contributed by atoms with Crippen LogP contribution in [0.4, 0.5) is 0 Å². The lowest BCUT2D eigenvalue weighted by molar-refractivity contribution is 0.0943. The lowest BCUT2D eigenvalue weighted by Crippen LogP contribution is -2.46. The summed E-state index contributed by atoms with van der Waals surface area (Å²) in [5.41, 5.74) is 1.35. The van der Waals surface area contributed by atoms with Crippen molar-refractivity contribution in [3.63, 3.8) is 0 Å². The zero-order valence-corrected chi connectivity index (χ0v) is 22.8. The molecule has 0 aliphatic carbocycles. The fraction of sp³-hybridized carbons (Fsp3) is 0.276. The van der Waals surface area contributed by atoms with Crippen LogP contribution < -0.4 is 15.3 Å². The summed E-state index contributed by atoms with van der Waals surface area (Å²) < 4.78 is 7.87. The van der Waals surface area contributed by atoms with Crippen molar-refractivity contribution in [2.75, 3.05) is 0 Å². The summed E-state index contributed by atoms with van der Waals surface area (Å²) in [6.07, 6.45) is 0. The van der Waals surface area contributed by atoms with Gasteiger partial charge in [-0.2, -0.15) is 0 Å². The Balaban J connectivity index is 1.74. The van der Waals surface area contributed by atoms with Crippen molar-refractivity contribution in [2.45, 2.75) is 45.4 Å². The van der Waals surface area contributed by atoms with Gasteiger partial charge in [-0.15, -0.1) is 0 Å². The third kappa shape index (κ3) is 5.11. The molecule has 0 aliphatic rings. The minimum atomic E-state index is -2.42. The molecule has 1 aromatic heterocycles. The number of fused-ring (bicyclic) bond motifs is 1. The smallest absolute Gasteiger partial charge is 0.295 e. The molecule has 0 atom stereocenters. The minimum Gasteiger partial charge on any atom is -0.538 e. The second-order valence-corrected chi connectivity index (χ2v) is 15.3. The van der Waals surface area contributed by atoms with Gasteiger partial charge in [0.25, 0.3) is 19.8 Å². The first-order chi connectivity index (χ1) is 17.0. The van der Waals surface area contributed by atoms with E-state index in [9.17, 15) is 9.59 Å². The summed E-state index contributed by atoms with van der Waals surface area (Å²) in [6.45, 7) is 10.7. The number of carbonyl (C=O) groups excluding carboxylic acids is 1. The van der Waals surface area contributed by atoms with E-state index < -0.39 is 14.2 Å². The summed E-state index contributed by atoms with van der Waals surface area (Å²) in [5, 5.41) is 5.04. The topological polar surface area (TPSA) is 73.2 Å². The first-order valence-electron chi connectivity index (χ1n) is 12.1. The number of nitrogens with one attached hydrogen (secondary N) is 1. The standard InChI is InChI=1S/C29H33N3O3Si/c1-29(2,3)36(5,6)35-25-24(31-26(32(4)28(25)34)22-13-8-7-9-14-22)27(33)30-19-20-16-17-21-12-10-11-15-23(21)18-20/h7-18H,19H2,1-6H3,(H,30,33). The molecule has 1 N–H and O–H groups in total. The molecule has 3 aromatic carbocycles. The van der Waals surface area contributed by atoms with Gasteiger partial charge >= 0.3 is 0 Å². The summed E-state index contributed by atoms with van der Waals surface area (Å²) in [5.74, 6) is -0.00873. The molecule has 1 amide bonds. The predicted molar refractivity (Wildman–Crippen MR) is 148 cm³/mol. The highest BCUT2D eigenvalue weighted by Gasteiger charge is 2.41. The van der Waals surface area contributed by atoms with Crippen LogP contribution in [0.25, 0.3) is 22.2 Å². The second kappa shape index (κ2) is 9.74. The highest BCUT2D eigenvalue weighted by Crippen LogP contribution is 2.37. The van der Waals surface area contributed by atoms with E-state index in [4.69, 9.17) is 4.43 Å². The molecule has 0 radical (unpaired) electrons. The van der Waals surface area contributed by atoms with Crippen molar-refractivity contribution in [2.24, 2.45) is 7.05 Å². The van der Waals surface area contributed by atoms with E-state index in [1.165, 1.54) is 4.57 Å². The Kier molecular flexibility index (Phi) is 6.87. The number of amides is 1.